The first-order valence-electron chi connectivity index (χ1n) is 8.37. The van der Waals surface area contributed by atoms with Crippen molar-refractivity contribution in [2.75, 3.05) is 19.0 Å². The van der Waals surface area contributed by atoms with Crippen LogP contribution in [0.4, 0.5) is 5.69 Å². The van der Waals surface area contributed by atoms with Crippen LogP contribution in [0.1, 0.15) is 17.2 Å². The number of aryl methyl sites for hydroxylation is 1. The van der Waals surface area contributed by atoms with Gasteiger partial charge in [0, 0.05) is 16.8 Å². The second-order valence-electron chi connectivity index (χ2n) is 6.07. The molecule has 0 spiro atoms. The Bertz CT molecular complexity index is 983. The van der Waals surface area contributed by atoms with Crippen molar-refractivity contribution in [1.29, 1.82) is 0 Å². The monoisotopic (exact) mass is 384 g/mol. The molecule has 140 valence electrons. The van der Waals surface area contributed by atoms with Crippen molar-refractivity contribution in [3.63, 3.8) is 0 Å². The highest BCUT2D eigenvalue weighted by Gasteiger charge is 2.19. The lowest BCUT2D eigenvalue weighted by molar-refractivity contribution is -0.136. The van der Waals surface area contributed by atoms with Crippen LogP contribution in [-0.2, 0) is 9.59 Å². The van der Waals surface area contributed by atoms with Gasteiger partial charge in [0.2, 0.25) is 0 Å². The van der Waals surface area contributed by atoms with Gasteiger partial charge in [0.15, 0.2) is 0 Å². The van der Waals surface area contributed by atoms with Crippen LogP contribution in [0.5, 0.6) is 5.75 Å². The zero-order chi connectivity index (χ0) is 19.4. The van der Waals surface area contributed by atoms with Gasteiger partial charge in [0.25, 0.3) is 0 Å². The third kappa shape index (κ3) is 4.27. The number of carbonyl (C=O) groups is 2. The van der Waals surface area contributed by atoms with Crippen molar-refractivity contribution < 1.29 is 19.4 Å². The highest BCUT2D eigenvalue weighted by atomic mass is 32.1. The molecule has 0 aliphatic heterocycles. The zero-order valence-electron chi connectivity index (χ0n) is 15.0. The molecule has 6 nitrogen and oxygen atoms in total. The van der Waals surface area contributed by atoms with E-state index in [-0.39, 0.29) is 6.54 Å². The van der Waals surface area contributed by atoms with Crippen LogP contribution in [0.2, 0.25) is 0 Å². The molecule has 0 aliphatic carbocycles. The van der Waals surface area contributed by atoms with E-state index in [1.54, 1.807) is 12.1 Å². The van der Waals surface area contributed by atoms with Crippen LogP contribution in [-0.4, -0.2) is 30.6 Å². The maximum atomic E-state index is 12.1. The normalized spacial score (nSPS) is 11.8. The highest BCUT2D eigenvalue weighted by molar-refractivity contribution is 7.17. The quantitative estimate of drug-likeness (QED) is 0.590. The molecule has 0 radical (unpaired) electrons. The molecule has 3 aromatic rings. The summed E-state index contributed by atoms with van der Waals surface area (Å²) in [6, 6.07) is 13.0. The minimum Gasteiger partial charge on any atom is -0.495 e. The number of ether oxygens (including phenoxy) is 1. The molecule has 7 heteroatoms. The van der Waals surface area contributed by atoms with Crippen LogP contribution in [0.3, 0.4) is 0 Å². The van der Waals surface area contributed by atoms with E-state index in [4.69, 9.17) is 4.74 Å². The largest absolute Gasteiger partial charge is 0.495 e. The molecule has 3 rings (SSSR count). The Kier molecular flexibility index (Phi) is 5.73. The molecule has 0 unspecified atom stereocenters. The first kappa shape index (κ1) is 18.9. The van der Waals surface area contributed by atoms with Gasteiger partial charge in [0.1, 0.15) is 5.75 Å². The summed E-state index contributed by atoms with van der Waals surface area (Å²) >= 11 is 1.52. The van der Waals surface area contributed by atoms with Crippen molar-refractivity contribution in [2.45, 2.75) is 13.0 Å². The molecule has 27 heavy (non-hydrogen) atoms. The van der Waals surface area contributed by atoms with E-state index in [0.717, 1.165) is 21.2 Å². The molecule has 3 N–H and O–H groups in total. The van der Waals surface area contributed by atoms with E-state index < -0.39 is 17.9 Å². The summed E-state index contributed by atoms with van der Waals surface area (Å²) in [7, 11) is 1.49. The number of fused-ring (bicyclic) bond motifs is 1. The lowest BCUT2D eigenvalue weighted by Crippen LogP contribution is -2.37. The van der Waals surface area contributed by atoms with Crippen LogP contribution in [0, 0.1) is 6.92 Å². The minimum absolute atomic E-state index is 0.0576. The van der Waals surface area contributed by atoms with Crippen molar-refractivity contribution in [3.05, 3.63) is 59.0 Å². The van der Waals surface area contributed by atoms with Crippen molar-refractivity contribution in [3.8, 4) is 5.75 Å². The van der Waals surface area contributed by atoms with Crippen LogP contribution >= 0.6 is 11.3 Å². The number of hydrogen-bond donors (Lipinski definition) is 3. The second-order valence-corrected chi connectivity index (χ2v) is 6.98. The molecule has 0 saturated carbocycles. The summed E-state index contributed by atoms with van der Waals surface area (Å²) in [6.07, 6.45) is -0.897. The van der Waals surface area contributed by atoms with Gasteiger partial charge in [-0.3, -0.25) is 9.59 Å². The van der Waals surface area contributed by atoms with Crippen LogP contribution in [0.15, 0.2) is 47.8 Å². The summed E-state index contributed by atoms with van der Waals surface area (Å²) in [4.78, 5) is 24.2. The standard InChI is InChI=1S/C20H20N2O4S/c1-12-7-8-17(26-2)15(9-12)22-20(25)19(24)21-10-16(23)14-11-27-18-6-4-3-5-13(14)18/h3-9,11,16,23H,10H2,1-2H3,(H,21,24)(H,22,25)/t16-/m1/s1. The van der Waals surface area contributed by atoms with E-state index >= 15 is 0 Å². The first-order valence-corrected chi connectivity index (χ1v) is 9.25. The molecule has 0 fully saturated rings. The lowest BCUT2D eigenvalue weighted by atomic mass is 10.1. The maximum absolute atomic E-state index is 12.1. The van der Waals surface area contributed by atoms with Crippen molar-refractivity contribution >= 4 is 38.9 Å². The van der Waals surface area contributed by atoms with Crippen LogP contribution < -0.4 is 15.4 Å². The van der Waals surface area contributed by atoms with Crippen molar-refractivity contribution in [1.82, 2.24) is 5.32 Å². The Morgan fingerprint density at radius 3 is 2.74 bits per heavy atom. The van der Waals surface area contributed by atoms with E-state index in [1.807, 2.05) is 42.6 Å². The Hall–Kier alpha value is -2.90. The fraction of sp³-hybridized carbons (Fsp3) is 0.200. The number of nitrogens with one attached hydrogen (secondary N) is 2. The first-order chi connectivity index (χ1) is 13.0. The zero-order valence-corrected chi connectivity index (χ0v) is 15.8. The topological polar surface area (TPSA) is 87.7 Å². The number of aliphatic hydroxyl groups excluding tert-OH is 1. The van der Waals surface area contributed by atoms with E-state index in [9.17, 15) is 14.7 Å². The smallest absolute Gasteiger partial charge is 0.313 e. The number of aliphatic hydroxyl groups is 1. The lowest BCUT2D eigenvalue weighted by Gasteiger charge is -2.13. The predicted octanol–water partition coefficient (Wildman–Crippen LogP) is 3.01. The number of rotatable bonds is 5. The van der Waals surface area contributed by atoms with Crippen LogP contribution in [0.25, 0.3) is 10.1 Å². The highest BCUT2D eigenvalue weighted by Crippen LogP contribution is 2.30. The second kappa shape index (κ2) is 8.20. The number of amides is 2. The number of hydrogen-bond acceptors (Lipinski definition) is 5. The van der Waals surface area contributed by atoms with Gasteiger partial charge in [-0.15, -0.1) is 11.3 Å². The van der Waals surface area contributed by atoms with Gasteiger partial charge >= 0.3 is 11.8 Å². The van der Waals surface area contributed by atoms with Gasteiger partial charge in [0.05, 0.1) is 18.9 Å². The average Bonchev–Trinajstić information content (AvgIpc) is 3.10. The molecule has 0 saturated heterocycles. The molecule has 1 heterocycles. The summed E-state index contributed by atoms with van der Waals surface area (Å²) in [5.74, 6) is -1.18. The molecule has 2 amide bonds. The molecule has 1 aromatic heterocycles. The fourth-order valence-corrected chi connectivity index (χ4v) is 3.74. The number of thiophene rings is 1. The summed E-state index contributed by atoms with van der Waals surface area (Å²) in [5.41, 5.74) is 2.07. The van der Waals surface area contributed by atoms with E-state index in [0.29, 0.717) is 11.4 Å². The van der Waals surface area contributed by atoms with Gasteiger partial charge in [-0.2, -0.15) is 0 Å². The number of carbonyl (C=O) groups excluding carboxylic acids is 2. The van der Waals surface area contributed by atoms with Gasteiger partial charge in [-0.25, -0.2) is 0 Å². The molecular formula is C20H20N2O4S. The van der Waals surface area contributed by atoms with E-state index in [2.05, 4.69) is 10.6 Å². The van der Waals surface area contributed by atoms with E-state index in [1.165, 1.54) is 18.4 Å². The summed E-state index contributed by atoms with van der Waals surface area (Å²) < 4.78 is 6.24. The maximum Gasteiger partial charge on any atom is 0.313 e. The summed E-state index contributed by atoms with van der Waals surface area (Å²) in [6.45, 7) is 1.81. The van der Waals surface area contributed by atoms with Gasteiger partial charge in [-0.05, 0) is 41.5 Å². The number of methoxy groups -OCH3 is 1. The Morgan fingerprint density at radius 2 is 1.96 bits per heavy atom. The molecule has 0 bridgehead atoms. The Balaban J connectivity index is 1.62. The van der Waals surface area contributed by atoms with Crippen molar-refractivity contribution in [2.24, 2.45) is 0 Å². The molecular weight excluding hydrogens is 364 g/mol. The third-order valence-corrected chi connectivity index (χ3v) is 5.12. The SMILES string of the molecule is COc1ccc(C)cc1NC(=O)C(=O)NC[C@@H](O)c1csc2ccccc12. The van der Waals surface area contributed by atoms with Gasteiger partial charge in [-0.1, -0.05) is 24.3 Å². The molecule has 0 aliphatic rings. The number of benzene rings is 2. The molecule has 2 aromatic carbocycles. The average molecular weight is 384 g/mol. The Labute approximate surface area is 160 Å². The number of anilines is 1. The Morgan fingerprint density at radius 1 is 1.19 bits per heavy atom. The third-order valence-electron chi connectivity index (χ3n) is 4.14. The van der Waals surface area contributed by atoms with Gasteiger partial charge < -0.3 is 20.5 Å². The molecule has 1 atom stereocenters. The predicted molar refractivity (Wildman–Crippen MR) is 106 cm³/mol. The fourth-order valence-electron chi connectivity index (χ4n) is 2.73. The minimum atomic E-state index is -0.897. The summed E-state index contributed by atoms with van der Waals surface area (Å²) in [5, 5.41) is 18.2.